The molecule has 44 heavy (non-hydrogen) atoms. The Labute approximate surface area is 264 Å². The molecule has 3 aromatic rings. The van der Waals surface area contributed by atoms with Crippen molar-refractivity contribution in [2.75, 3.05) is 29.2 Å². The number of tetrazole rings is 1. The number of anilines is 2. The number of phenols is 1. The molecule has 21 heteroatoms. The van der Waals surface area contributed by atoms with Gasteiger partial charge in [-0.3, -0.25) is 19.3 Å². The zero-order valence-corrected chi connectivity index (χ0v) is 25.5. The molecule has 0 aliphatic carbocycles. The molecule has 5 rings (SSSR count). The van der Waals surface area contributed by atoms with Crippen LogP contribution in [0.4, 0.5) is 10.8 Å². The lowest BCUT2D eigenvalue weighted by atomic mass is 10.0. The number of hydrogen-bond donors (Lipinski definition) is 5. The summed E-state index contributed by atoms with van der Waals surface area (Å²) in [5, 5.41) is 41.3. The van der Waals surface area contributed by atoms with Gasteiger partial charge in [0.05, 0.1) is 5.69 Å². The molecule has 2 unspecified atom stereocenters. The number of thiazole rings is 1. The number of phenolic OH excluding ortho intramolecular Hbond substituents is 1. The Morgan fingerprint density at radius 1 is 1.34 bits per heavy atom. The summed E-state index contributed by atoms with van der Waals surface area (Å²) in [5.41, 5.74) is 5.76. The third-order valence-corrected chi connectivity index (χ3v) is 9.40. The van der Waals surface area contributed by atoms with Crippen molar-refractivity contribution >= 4 is 86.7 Å². The van der Waals surface area contributed by atoms with E-state index in [1.807, 2.05) is 0 Å². The molecule has 2 atom stereocenters. The van der Waals surface area contributed by atoms with Crippen molar-refractivity contribution < 1.29 is 34.2 Å². The number of nitrogens with two attached hydrogens (primary N) is 1. The van der Waals surface area contributed by atoms with E-state index in [1.54, 1.807) is 7.05 Å². The van der Waals surface area contributed by atoms with Crippen LogP contribution in [-0.4, -0.2) is 99.2 Å². The number of oxime groups is 1. The van der Waals surface area contributed by atoms with E-state index in [4.69, 9.17) is 22.2 Å². The molecule has 1 saturated heterocycles. The number of fused-ring (bicyclic) bond motifs is 1. The average Bonchev–Trinajstić information content (AvgIpc) is 3.61. The standard InChI is InChI=1S/C23H21ClN10O7S3/c1-33-23(29-31-32-33)44-7-9-6-42-20-16(19(38)34(20)17(9)21(39)40)28-18(37)15(12-8-43-22(25)27-12)30-41-5-14(36)26-11-4-10(24)2-3-13(11)35/h2-4,8,16,20,35H,5-7H2,1H3,(H2,25,27)(H,26,36)(H,28,37)(H,39,40)/b30-15+. The minimum atomic E-state index is -1.28. The molecule has 3 amide bonds. The molecule has 1 aromatic carbocycles. The van der Waals surface area contributed by atoms with Crippen LogP contribution in [0.15, 0.2) is 45.2 Å². The number of hydrogen-bond acceptors (Lipinski definition) is 15. The van der Waals surface area contributed by atoms with E-state index >= 15 is 0 Å². The molecule has 0 radical (unpaired) electrons. The summed E-state index contributed by atoms with van der Waals surface area (Å²) >= 11 is 9.42. The van der Waals surface area contributed by atoms with Crippen molar-refractivity contribution in [3.63, 3.8) is 0 Å². The number of halogens is 1. The van der Waals surface area contributed by atoms with Gasteiger partial charge in [0.1, 0.15) is 28.6 Å². The third-order valence-electron chi connectivity index (χ3n) is 6.06. The Kier molecular flexibility index (Phi) is 9.22. The number of nitrogen functional groups attached to an aromatic ring is 1. The van der Waals surface area contributed by atoms with Crippen LogP contribution in [0.5, 0.6) is 5.75 Å². The fourth-order valence-corrected chi connectivity index (χ4v) is 7.10. The van der Waals surface area contributed by atoms with Gasteiger partial charge in [-0.1, -0.05) is 28.5 Å². The SMILES string of the molecule is Cn1nnnc1SCC1=C(C(=O)O)N2C(=O)C(NC(=O)/C(=N/OCC(=O)Nc3cc(Cl)ccc3O)c3csc(N)n3)C2SC1. The summed E-state index contributed by atoms with van der Waals surface area (Å²) in [6, 6.07) is 2.99. The van der Waals surface area contributed by atoms with Crippen molar-refractivity contribution in [3.05, 3.63) is 45.6 Å². The smallest absolute Gasteiger partial charge is 0.352 e. The number of rotatable bonds is 11. The maximum Gasteiger partial charge on any atom is 0.352 e. The average molecular weight is 681 g/mol. The van der Waals surface area contributed by atoms with Gasteiger partial charge in [-0.25, -0.2) is 14.5 Å². The van der Waals surface area contributed by atoms with E-state index in [-0.39, 0.29) is 50.2 Å². The molecule has 0 bridgehead atoms. The van der Waals surface area contributed by atoms with Gasteiger partial charge in [0.2, 0.25) is 5.16 Å². The van der Waals surface area contributed by atoms with Crippen LogP contribution in [0.2, 0.25) is 5.02 Å². The van der Waals surface area contributed by atoms with Gasteiger partial charge in [0.15, 0.2) is 17.5 Å². The van der Waals surface area contributed by atoms with Gasteiger partial charge in [-0.2, -0.15) is 0 Å². The number of thioether (sulfide) groups is 2. The van der Waals surface area contributed by atoms with Gasteiger partial charge in [0, 0.05) is 29.0 Å². The van der Waals surface area contributed by atoms with Gasteiger partial charge < -0.3 is 31.4 Å². The number of carbonyl (C=O) groups excluding carboxylic acids is 3. The normalized spacial score (nSPS) is 18.0. The zero-order chi connectivity index (χ0) is 31.5. The summed E-state index contributed by atoms with van der Waals surface area (Å²) in [7, 11) is 1.65. The van der Waals surface area contributed by atoms with Crippen LogP contribution >= 0.6 is 46.5 Å². The molecule has 2 aliphatic heterocycles. The number of carboxylic acid groups (broad SMARTS) is 1. The summed E-state index contributed by atoms with van der Waals surface area (Å²) in [5.74, 6) is -3.19. The monoisotopic (exact) mass is 680 g/mol. The molecule has 0 saturated carbocycles. The number of benzene rings is 1. The van der Waals surface area contributed by atoms with Crippen LogP contribution in [0, 0.1) is 0 Å². The summed E-state index contributed by atoms with van der Waals surface area (Å²) in [6.07, 6.45) is 0. The second-order valence-corrected chi connectivity index (χ2v) is 12.4. The second kappa shape index (κ2) is 13.1. The molecular weight excluding hydrogens is 660 g/mol. The quantitative estimate of drug-likeness (QED) is 0.0609. The molecule has 230 valence electrons. The highest BCUT2D eigenvalue weighted by Crippen LogP contribution is 2.41. The number of nitrogens with zero attached hydrogens (tertiary/aromatic N) is 7. The van der Waals surface area contributed by atoms with Crippen molar-refractivity contribution in [2.45, 2.75) is 16.6 Å². The Balaban J connectivity index is 1.26. The maximum atomic E-state index is 13.3. The van der Waals surface area contributed by atoms with Crippen LogP contribution in [0.25, 0.3) is 0 Å². The van der Waals surface area contributed by atoms with E-state index in [2.05, 4.69) is 36.3 Å². The van der Waals surface area contributed by atoms with Crippen LogP contribution in [0.1, 0.15) is 5.69 Å². The van der Waals surface area contributed by atoms with Crippen molar-refractivity contribution in [1.82, 2.24) is 35.4 Å². The predicted octanol–water partition coefficient (Wildman–Crippen LogP) is 0.498. The van der Waals surface area contributed by atoms with Crippen molar-refractivity contribution in [1.29, 1.82) is 0 Å². The number of carbonyl (C=O) groups is 4. The predicted molar refractivity (Wildman–Crippen MR) is 160 cm³/mol. The molecule has 0 spiro atoms. The first-order valence-electron chi connectivity index (χ1n) is 12.3. The lowest BCUT2D eigenvalue weighted by Crippen LogP contribution is -2.71. The minimum Gasteiger partial charge on any atom is -0.506 e. The number of amides is 3. The van der Waals surface area contributed by atoms with Gasteiger partial charge in [0.25, 0.3) is 17.7 Å². The third kappa shape index (κ3) is 6.56. The highest BCUT2D eigenvalue weighted by Gasteiger charge is 2.54. The molecule has 17 nitrogen and oxygen atoms in total. The largest absolute Gasteiger partial charge is 0.506 e. The molecule has 6 N–H and O–H groups in total. The number of aliphatic carboxylic acids is 1. The molecule has 1 fully saturated rings. The zero-order valence-electron chi connectivity index (χ0n) is 22.3. The number of nitrogens with one attached hydrogen (secondary N) is 2. The van der Waals surface area contributed by atoms with E-state index in [0.717, 1.165) is 16.2 Å². The van der Waals surface area contributed by atoms with Crippen molar-refractivity contribution in [3.8, 4) is 5.75 Å². The van der Waals surface area contributed by atoms with Crippen LogP contribution < -0.4 is 16.4 Å². The van der Waals surface area contributed by atoms with E-state index in [9.17, 15) is 29.4 Å². The first kappa shape index (κ1) is 31.0. The van der Waals surface area contributed by atoms with Crippen LogP contribution in [-0.2, 0) is 31.1 Å². The second-order valence-electron chi connectivity index (χ2n) is 8.99. The van der Waals surface area contributed by atoms with Crippen LogP contribution in [0.3, 0.4) is 0 Å². The van der Waals surface area contributed by atoms with Crippen molar-refractivity contribution in [2.24, 2.45) is 12.2 Å². The Morgan fingerprint density at radius 3 is 2.82 bits per heavy atom. The first-order chi connectivity index (χ1) is 21.0. The first-order valence-corrected chi connectivity index (χ1v) is 15.6. The van der Waals surface area contributed by atoms with E-state index in [1.165, 1.54) is 51.8 Å². The summed E-state index contributed by atoms with van der Waals surface area (Å²) < 4.78 is 1.44. The number of β-lactam (4-membered cyclic amide) rings is 1. The molecule has 2 aromatic heterocycles. The molecule has 2 aliphatic rings. The topological polar surface area (TPSA) is 240 Å². The molecule has 4 heterocycles. The fraction of sp³-hybridized carbons (Fsp3) is 0.261. The lowest BCUT2D eigenvalue weighted by molar-refractivity contribution is -0.150. The summed E-state index contributed by atoms with van der Waals surface area (Å²) in [6.45, 7) is -0.658. The fourth-order valence-electron chi connectivity index (χ4n) is 4.05. The van der Waals surface area contributed by atoms with Gasteiger partial charge >= 0.3 is 5.97 Å². The minimum absolute atomic E-state index is 0.0292. The lowest BCUT2D eigenvalue weighted by Gasteiger charge is -2.49. The maximum absolute atomic E-state index is 13.3. The summed E-state index contributed by atoms with van der Waals surface area (Å²) in [4.78, 5) is 61.2. The Morgan fingerprint density at radius 2 is 2.14 bits per heavy atom. The number of carboxylic acids is 1. The number of aryl methyl sites for hydroxylation is 1. The van der Waals surface area contributed by atoms with E-state index < -0.39 is 41.7 Å². The number of aromatic nitrogens is 5. The van der Waals surface area contributed by atoms with Gasteiger partial charge in [-0.15, -0.1) is 28.2 Å². The number of aromatic hydroxyl groups is 1. The Hall–Kier alpha value is -4.40. The van der Waals surface area contributed by atoms with Gasteiger partial charge in [-0.05, 0) is 34.2 Å². The van der Waals surface area contributed by atoms with E-state index in [0.29, 0.717) is 10.7 Å². The molecular formula is C23H21ClN10O7S3. The highest BCUT2D eigenvalue weighted by molar-refractivity contribution is 8.01. The highest BCUT2D eigenvalue weighted by atomic mass is 35.5. The Bertz CT molecular complexity index is 1710.